The number of amides is 2. The fraction of sp³-hybridized carbons (Fsp3) is 0.875. The molecule has 2 amide bonds. The van der Waals surface area contributed by atoms with Crippen molar-refractivity contribution >= 4 is 24.2 Å². The second kappa shape index (κ2) is 7.64. The highest BCUT2D eigenvalue weighted by atomic mass is 35.5. The Balaban J connectivity index is 0.00000242. The maximum atomic E-state index is 12.2. The molecular formula is C16H30ClN3O2. The van der Waals surface area contributed by atoms with Gasteiger partial charge >= 0.3 is 0 Å². The van der Waals surface area contributed by atoms with Gasteiger partial charge in [-0.15, -0.1) is 12.4 Å². The molecule has 2 saturated heterocycles. The highest BCUT2D eigenvalue weighted by Crippen LogP contribution is 2.36. The van der Waals surface area contributed by atoms with Gasteiger partial charge in [0, 0.05) is 26.1 Å². The van der Waals surface area contributed by atoms with Gasteiger partial charge < -0.3 is 15.5 Å². The molecule has 128 valence electrons. The fourth-order valence-corrected chi connectivity index (χ4v) is 3.28. The number of carbonyl (C=O) groups excluding carboxylic acids is 2. The zero-order valence-corrected chi connectivity index (χ0v) is 14.9. The first kappa shape index (κ1) is 19.2. The van der Waals surface area contributed by atoms with E-state index >= 15 is 0 Å². The summed E-state index contributed by atoms with van der Waals surface area (Å²) in [6, 6.07) is 0. The van der Waals surface area contributed by atoms with E-state index in [1.165, 1.54) is 6.42 Å². The Morgan fingerprint density at radius 2 is 1.82 bits per heavy atom. The third kappa shape index (κ3) is 5.43. The highest BCUT2D eigenvalue weighted by molar-refractivity contribution is 5.85. The minimum atomic E-state index is -0.0416. The predicted octanol–water partition coefficient (Wildman–Crippen LogP) is 1.56. The molecule has 0 aromatic heterocycles. The van der Waals surface area contributed by atoms with Crippen molar-refractivity contribution in [3.8, 4) is 0 Å². The van der Waals surface area contributed by atoms with Crippen LogP contribution in [0.3, 0.4) is 0 Å². The summed E-state index contributed by atoms with van der Waals surface area (Å²) >= 11 is 0. The molecule has 0 bridgehead atoms. The Morgan fingerprint density at radius 3 is 2.32 bits per heavy atom. The summed E-state index contributed by atoms with van der Waals surface area (Å²) in [5, 5.41) is 6.18. The van der Waals surface area contributed by atoms with Crippen molar-refractivity contribution < 1.29 is 9.59 Å². The largest absolute Gasteiger partial charge is 0.347 e. The number of nitrogens with one attached hydrogen (secondary N) is 2. The molecular weight excluding hydrogens is 302 g/mol. The van der Waals surface area contributed by atoms with Crippen LogP contribution in [0.15, 0.2) is 0 Å². The lowest BCUT2D eigenvalue weighted by Gasteiger charge is -2.38. The lowest BCUT2D eigenvalue weighted by atomic mass is 9.78. The van der Waals surface area contributed by atoms with Crippen molar-refractivity contribution in [2.75, 3.05) is 32.7 Å². The Labute approximate surface area is 140 Å². The summed E-state index contributed by atoms with van der Waals surface area (Å²) < 4.78 is 0. The molecule has 0 atom stereocenters. The van der Waals surface area contributed by atoms with Gasteiger partial charge in [0.05, 0.1) is 6.54 Å². The van der Waals surface area contributed by atoms with E-state index < -0.39 is 0 Å². The van der Waals surface area contributed by atoms with Crippen LogP contribution in [0.25, 0.3) is 0 Å². The number of piperidine rings is 1. The van der Waals surface area contributed by atoms with Crippen molar-refractivity contribution in [2.45, 2.75) is 46.5 Å². The van der Waals surface area contributed by atoms with Crippen LogP contribution < -0.4 is 10.6 Å². The molecule has 5 nitrogen and oxygen atoms in total. The molecule has 0 aromatic carbocycles. The number of hydrogen-bond acceptors (Lipinski definition) is 3. The van der Waals surface area contributed by atoms with E-state index in [0.29, 0.717) is 11.8 Å². The van der Waals surface area contributed by atoms with E-state index in [1.54, 1.807) is 0 Å². The molecule has 2 heterocycles. The first-order chi connectivity index (χ1) is 9.80. The highest BCUT2D eigenvalue weighted by Gasteiger charge is 2.37. The van der Waals surface area contributed by atoms with Crippen LogP contribution in [0, 0.1) is 10.8 Å². The molecule has 2 aliphatic rings. The summed E-state index contributed by atoms with van der Waals surface area (Å²) in [7, 11) is 0. The van der Waals surface area contributed by atoms with Crippen LogP contribution in [-0.2, 0) is 9.59 Å². The number of nitrogens with zero attached hydrogens (tertiary/aromatic N) is 1. The van der Waals surface area contributed by atoms with Gasteiger partial charge in [0.15, 0.2) is 0 Å². The lowest BCUT2D eigenvalue weighted by molar-refractivity contribution is -0.135. The maximum absolute atomic E-state index is 12.2. The second-order valence-electron chi connectivity index (χ2n) is 7.82. The predicted molar refractivity (Wildman–Crippen MR) is 90.1 cm³/mol. The molecule has 0 aliphatic carbocycles. The molecule has 2 aliphatic heterocycles. The van der Waals surface area contributed by atoms with Crippen LogP contribution in [-0.4, -0.2) is 49.4 Å². The molecule has 0 aromatic rings. The number of halogens is 1. The zero-order chi connectivity index (χ0) is 15.5. The molecule has 2 rings (SSSR count). The Hall–Kier alpha value is -0.810. The number of rotatable bonds is 3. The zero-order valence-electron chi connectivity index (χ0n) is 14.0. The van der Waals surface area contributed by atoms with Gasteiger partial charge in [-0.3, -0.25) is 9.59 Å². The lowest BCUT2D eigenvalue weighted by Crippen LogP contribution is -2.47. The smallest absolute Gasteiger partial charge is 0.241 e. The van der Waals surface area contributed by atoms with Gasteiger partial charge in [-0.1, -0.05) is 20.8 Å². The van der Waals surface area contributed by atoms with Gasteiger partial charge in [-0.05, 0) is 36.6 Å². The van der Waals surface area contributed by atoms with E-state index in [2.05, 4.69) is 10.6 Å². The third-order valence-electron chi connectivity index (χ3n) is 4.64. The summed E-state index contributed by atoms with van der Waals surface area (Å²) in [5.74, 6) is 0.0161. The average Bonchev–Trinajstić information content (AvgIpc) is 2.83. The summed E-state index contributed by atoms with van der Waals surface area (Å²) in [4.78, 5) is 25.8. The van der Waals surface area contributed by atoms with Crippen LogP contribution in [0.1, 0.15) is 46.5 Å². The minimum absolute atomic E-state index is 0. The SMILES string of the molecule is CC(C)(C)CC(=O)NCC(=O)N1CCC2(CCNC2)CC1.Cl. The molecule has 0 saturated carbocycles. The van der Waals surface area contributed by atoms with E-state index in [0.717, 1.165) is 39.0 Å². The van der Waals surface area contributed by atoms with E-state index in [4.69, 9.17) is 0 Å². The van der Waals surface area contributed by atoms with E-state index in [9.17, 15) is 9.59 Å². The number of carbonyl (C=O) groups is 2. The van der Waals surface area contributed by atoms with Crippen molar-refractivity contribution in [3.05, 3.63) is 0 Å². The maximum Gasteiger partial charge on any atom is 0.241 e. The summed E-state index contributed by atoms with van der Waals surface area (Å²) in [6.07, 6.45) is 3.86. The van der Waals surface area contributed by atoms with Crippen molar-refractivity contribution in [1.29, 1.82) is 0 Å². The standard InChI is InChI=1S/C16H29N3O2.ClH/c1-15(2,3)10-13(20)18-11-14(21)19-8-5-16(6-9-19)4-7-17-12-16;/h17H,4-12H2,1-3H3,(H,18,20);1H. The van der Waals surface area contributed by atoms with Crippen LogP contribution >= 0.6 is 12.4 Å². The topological polar surface area (TPSA) is 61.4 Å². The van der Waals surface area contributed by atoms with Crippen molar-refractivity contribution in [1.82, 2.24) is 15.5 Å². The fourth-order valence-electron chi connectivity index (χ4n) is 3.28. The Morgan fingerprint density at radius 1 is 1.18 bits per heavy atom. The minimum Gasteiger partial charge on any atom is -0.347 e. The quantitative estimate of drug-likeness (QED) is 0.825. The number of hydrogen-bond donors (Lipinski definition) is 2. The van der Waals surface area contributed by atoms with E-state index in [1.807, 2.05) is 25.7 Å². The number of likely N-dealkylation sites (tertiary alicyclic amines) is 1. The molecule has 2 fully saturated rings. The van der Waals surface area contributed by atoms with Gasteiger partial charge in [-0.25, -0.2) is 0 Å². The normalized spacial score (nSPS) is 20.6. The van der Waals surface area contributed by atoms with Crippen molar-refractivity contribution in [2.24, 2.45) is 10.8 Å². The molecule has 2 N–H and O–H groups in total. The Bertz CT molecular complexity index is 391. The Kier molecular flexibility index (Phi) is 6.68. The van der Waals surface area contributed by atoms with Gasteiger partial charge in [0.2, 0.25) is 11.8 Å². The molecule has 6 heteroatoms. The molecule has 0 unspecified atom stereocenters. The molecule has 0 radical (unpaired) electrons. The van der Waals surface area contributed by atoms with Gasteiger partial charge in [0.1, 0.15) is 0 Å². The van der Waals surface area contributed by atoms with Crippen molar-refractivity contribution in [3.63, 3.8) is 0 Å². The summed E-state index contributed by atoms with van der Waals surface area (Å²) in [5.41, 5.74) is 0.381. The van der Waals surface area contributed by atoms with Gasteiger partial charge in [0.25, 0.3) is 0 Å². The molecule has 1 spiro atoms. The monoisotopic (exact) mass is 331 g/mol. The first-order valence-corrected chi connectivity index (χ1v) is 8.05. The average molecular weight is 332 g/mol. The van der Waals surface area contributed by atoms with E-state index in [-0.39, 0.29) is 36.2 Å². The van der Waals surface area contributed by atoms with Crippen LogP contribution in [0.4, 0.5) is 0 Å². The second-order valence-corrected chi connectivity index (χ2v) is 7.82. The third-order valence-corrected chi connectivity index (χ3v) is 4.64. The van der Waals surface area contributed by atoms with Crippen LogP contribution in [0.2, 0.25) is 0 Å². The van der Waals surface area contributed by atoms with Crippen LogP contribution in [0.5, 0.6) is 0 Å². The van der Waals surface area contributed by atoms with Gasteiger partial charge in [-0.2, -0.15) is 0 Å². The first-order valence-electron chi connectivity index (χ1n) is 8.05. The summed E-state index contributed by atoms with van der Waals surface area (Å²) in [6.45, 7) is 10.1. The molecule has 22 heavy (non-hydrogen) atoms.